The molecule has 2 heterocycles. The summed E-state index contributed by atoms with van der Waals surface area (Å²) in [5.74, 6) is 0. The Labute approximate surface area is 129 Å². The molecule has 2 aromatic heterocycles. The maximum Gasteiger partial charge on any atom is 0.242 e. The van der Waals surface area contributed by atoms with E-state index in [2.05, 4.69) is 4.72 Å². The van der Waals surface area contributed by atoms with Crippen molar-refractivity contribution in [2.24, 2.45) is 5.73 Å². The summed E-state index contributed by atoms with van der Waals surface area (Å²) in [4.78, 5) is 0.293. The lowest BCUT2D eigenvalue weighted by atomic mass is 10.2. The van der Waals surface area contributed by atoms with Gasteiger partial charge in [0.15, 0.2) is 0 Å². The molecule has 7 heteroatoms. The summed E-state index contributed by atoms with van der Waals surface area (Å²) in [6, 6.07) is 3.66. The molecule has 116 valence electrons. The molecule has 0 spiro atoms. The first-order valence-corrected chi connectivity index (χ1v) is 9.39. The highest BCUT2D eigenvalue weighted by atomic mass is 32.2. The second kappa shape index (κ2) is 7.22. The third kappa shape index (κ3) is 4.16. The van der Waals surface area contributed by atoms with E-state index in [1.165, 1.54) is 0 Å². The smallest absolute Gasteiger partial charge is 0.242 e. The molecule has 0 aliphatic rings. The quantitative estimate of drug-likeness (QED) is 0.778. The molecular weight excluding hydrogens is 306 g/mol. The maximum absolute atomic E-state index is 12.3. The predicted molar refractivity (Wildman–Crippen MR) is 85.8 cm³/mol. The number of thiophene rings is 1. The number of hydrogen-bond acceptors (Lipinski definition) is 4. The fourth-order valence-electron chi connectivity index (χ4n) is 2.14. The molecule has 0 aliphatic heterocycles. The zero-order valence-corrected chi connectivity index (χ0v) is 13.7. The first kappa shape index (κ1) is 16.2. The largest absolute Gasteiger partial charge is 0.349 e. The predicted octanol–water partition coefficient (Wildman–Crippen LogP) is 1.94. The molecule has 5 nitrogen and oxygen atoms in total. The number of aromatic nitrogens is 1. The van der Waals surface area contributed by atoms with Crippen molar-refractivity contribution < 1.29 is 8.42 Å². The second-order valence-electron chi connectivity index (χ2n) is 4.84. The molecule has 0 amide bonds. The molecule has 21 heavy (non-hydrogen) atoms. The van der Waals surface area contributed by atoms with E-state index in [9.17, 15) is 8.42 Å². The van der Waals surface area contributed by atoms with Crippen LogP contribution in [0.4, 0.5) is 0 Å². The van der Waals surface area contributed by atoms with Gasteiger partial charge >= 0.3 is 0 Å². The monoisotopic (exact) mass is 327 g/mol. The van der Waals surface area contributed by atoms with Crippen LogP contribution >= 0.6 is 11.3 Å². The Hall–Kier alpha value is -1.15. The topological polar surface area (TPSA) is 77.1 Å². The van der Waals surface area contributed by atoms with E-state index < -0.39 is 10.0 Å². The van der Waals surface area contributed by atoms with Crippen LogP contribution in [0, 0.1) is 0 Å². The number of nitrogens with one attached hydrogen (secondary N) is 1. The van der Waals surface area contributed by atoms with Crippen LogP contribution in [0.3, 0.4) is 0 Å². The van der Waals surface area contributed by atoms with E-state index in [0.717, 1.165) is 24.2 Å². The summed E-state index contributed by atoms with van der Waals surface area (Å²) in [7, 11) is -3.47. The molecule has 2 rings (SSSR count). The second-order valence-corrected chi connectivity index (χ2v) is 7.39. The Morgan fingerprint density at radius 2 is 2.24 bits per heavy atom. The van der Waals surface area contributed by atoms with Crippen molar-refractivity contribution in [3.05, 3.63) is 40.3 Å². The average Bonchev–Trinajstić information content (AvgIpc) is 3.08. The SMILES string of the molecule is CCCn1cc(S(=O)(=O)NCCc2ccsc2)cc1CN. The van der Waals surface area contributed by atoms with Crippen molar-refractivity contribution in [2.75, 3.05) is 6.54 Å². The number of rotatable bonds is 8. The normalized spacial score (nSPS) is 11.9. The Bertz CT molecular complexity index is 660. The molecule has 0 fully saturated rings. The molecule has 0 unspecified atom stereocenters. The number of aryl methyl sites for hydroxylation is 1. The molecule has 0 saturated heterocycles. The summed E-state index contributed by atoms with van der Waals surface area (Å²) in [6.07, 6.45) is 3.30. The Morgan fingerprint density at radius 1 is 1.43 bits per heavy atom. The van der Waals surface area contributed by atoms with Crippen molar-refractivity contribution >= 4 is 21.4 Å². The van der Waals surface area contributed by atoms with Gasteiger partial charge in [-0.3, -0.25) is 0 Å². The van der Waals surface area contributed by atoms with Crippen molar-refractivity contribution in [3.63, 3.8) is 0 Å². The molecule has 0 aliphatic carbocycles. The van der Waals surface area contributed by atoms with Gasteiger partial charge in [0.05, 0.1) is 4.90 Å². The lowest BCUT2D eigenvalue weighted by Crippen LogP contribution is -2.25. The summed E-state index contributed by atoms with van der Waals surface area (Å²) in [5, 5.41) is 4.01. The lowest BCUT2D eigenvalue weighted by molar-refractivity contribution is 0.580. The van der Waals surface area contributed by atoms with Crippen molar-refractivity contribution in [1.82, 2.24) is 9.29 Å². The summed E-state index contributed by atoms with van der Waals surface area (Å²) >= 11 is 1.61. The molecule has 0 bridgehead atoms. The van der Waals surface area contributed by atoms with Crippen LogP contribution in [0.15, 0.2) is 34.0 Å². The minimum absolute atomic E-state index is 0.293. The van der Waals surface area contributed by atoms with Gasteiger partial charge in [0, 0.05) is 31.5 Å². The highest BCUT2D eigenvalue weighted by molar-refractivity contribution is 7.89. The van der Waals surface area contributed by atoms with Crippen LogP contribution in [0.1, 0.15) is 24.6 Å². The highest BCUT2D eigenvalue weighted by Gasteiger charge is 2.17. The Balaban J connectivity index is 2.04. The highest BCUT2D eigenvalue weighted by Crippen LogP contribution is 2.15. The Morgan fingerprint density at radius 3 is 2.86 bits per heavy atom. The van der Waals surface area contributed by atoms with E-state index in [1.807, 2.05) is 28.3 Å². The van der Waals surface area contributed by atoms with Crippen LogP contribution in [-0.2, 0) is 29.5 Å². The van der Waals surface area contributed by atoms with Crippen LogP contribution in [-0.4, -0.2) is 19.5 Å². The van der Waals surface area contributed by atoms with Gasteiger partial charge in [-0.25, -0.2) is 13.1 Å². The summed E-state index contributed by atoms with van der Waals surface area (Å²) < 4.78 is 29.1. The minimum Gasteiger partial charge on any atom is -0.349 e. The number of sulfonamides is 1. The van der Waals surface area contributed by atoms with Crippen LogP contribution < -0.4 is 10.5 Å². The van der Waals surface area contributed by atoms with Crippen LogP contribution in [0.25, 0.3) is 0 Å². The van der Waals surface area contributed by atoms with Gasteiger partial charge in [0.2, 0.25) is 10.0 Å². The molecule has 0 radical (unpaired) electrons. The maximum atomic E-state index is 12.3. The lowest BCUT2D eigenvalue weighted by Gasteiger charge is -2.05. The summed E-state index contributed by atoms with van der Waals surface area (Å²) in [5.41, 5.74) is 7.66. The fourth-order valence-corrected chi connectivity index (χ4v) is 3.94. The van der Waals surface area contributed by atoms with Crippen molar-refractivity contribution in [3.8, 4) is 0 Å². The molecule has 2 aromatic rings. The van der Waals surface area contributed by atoms with E-state index >= 15 is 0 Å². The molecule has 0 saturated carbocycles. The minimum atomic E-state index is -3.47. The van der Waals surface area contributed by atoms with E-state index in [-0.39, 0.29) is 0 Å². The molecule has 0 atom stereocenters. The number of nitrogens with zero attached hydrogens (tertiary/aromatic N) is 1. The van der Waals surface area contributed by atoms with Gasteiger partial charge in [0.25, 0.3) is 0 Å². The van der Waals surface area contributed by atoms with Gasteiger partial charge in [-0.1, -0.05) is 6.92 Å². The zero-order chi connectivity index (χ0) is 15.3. The van der Waals surface area contributed by atoms with Crippen LogP contribution in [0.5, 0.6) is 0 Å². The van der Waals surface area contributed by atoms with Crippen LogP contribution in [0.2, 0.25) is 0 Å². The van der Waals surface area contributed by atoms with Gasteiger partial charge in [-0.2, -0.15) is 11.3 Å². The van der Waals surface area contributed by atoms with Gasteiger partial charge in [-0.15, -0.1) is 0 Å². The molecule has 0 aromatic carbocycles. The standard InChI is InChI=1S/C14H21N3O2S2/c1-2-6-17-10-14(8-13(17)9-15)21(18,19)16-5-3-12-4-7-20-11-12/h4,7-8,10-11,16H,2-3,5-6,9,15H2,1H3. The van der Waals surface area contributed by atoms with Crippen molar-refractivity contribution in [2.45, 2.75) is 37.8 Å². The zero-order valence-electron chi connectivity index (χ0n) is 12.1. The van der Waals surface area contributed by atoms with Gasteiger partial charge in [-0.05, 0) is 41.3 Å². The van der Waals surface area contributed by atoms with E-state index in [0.29, 0.717) is 24.4 Å². The number of nitrogens with two attached hydrogens (primary N) is 1. The van der Waals surface area contributed by atoms with Gasteiger partial charge in [0.1, 0.15) is 0 Å². The first-order chi connectivity index (χ1) is 10.1. The first-order valence-electron chi connectivity index (χ1n) is 6.96. The third-order valence-corrected chi connectivity index (χ3v) is 5.39. The van der Waals surface area contributed by atoms with Crippen molar-refractivity contribution in [1.29, 1.82) is 0 Å². The third-order valence-electron chi connectivity index (χ3n) is 3.23. The van der Waals surface area contributed by atoms with Gasteiger partial charge < -0.3 is 10.3 Å². The fraction of sp³-hybridized carbons (Fsp3) is 0.429. The summed E-state index contributed by atoms with van der Waals surface area (Å²) in [6.45, 7) is 3.56. The number of hydrogen-bond donors (Lipinski definition) is 2. The van der Waals surface area contributed by atoms with E-state index in [1.54, 1.807) is 23.6 Å². The molecule has 3 N–H and O–H groups in total. The molecular formula is C14H21N3O2S2. The average molecular weight is 327 g/mol. The van der Waals surface area contributed by atoms with E-state index in [4.69, 9.17) is 5.73 Å². The Kier molecular flexibility index (Phi) is 5.58.